The van der Waals surface area contributed by atoms with Gasteiger partial charge in [0.25, 0.3) is 0 Å². The highest BCUT2D eigenvalue weighted by atomic mass is 35.5. The zero-order chi connectivity index (χ0) is 13.9. The lowest BCUT2D eigenvalue weighted by molar-refractivity contribution is -0.115. The lowest BCUT2D eigenvalue weighted by atomic mass is 10.1. The van der Waals surface area contributed by atoms with Gasteiger partial charge < -0.3 is 9.72 Å². The first kappa shape index (κ1) is 12.7. The third-order valence-electron chi connectivity index (χ3n) is 2.97. The smallest absolute Gasteiger partial charge is 0.228 e. The molecule has 0 aliphatic heterocycles. The largest absolute Gasteiger partial charge is 0.323 e. The van der Waals surface area contributed by atoms with Crippen LogP contribution in [0, 0.1) is 0 Å². The molecule has 0 saturated carbocycles. The molecule has 0 spiro atoms. The van der Waals surface area contributed by atoms with Crippen molar-refractivity contribution in [3.8, 4) is 0 Å². The number of halogens is 1. The lowest BCUT2D eigenvalue weighted by Crippen LogP contribution is -2.15. The van der Waals surface area contributed by atoms with Crippen LogP contribution in [0.4, 0.5) is 5.69 Å². The zero-order valence-corrected chi connectivity index (χ0v) is 11.3. The first-order chi connectivity index (χ1) is 9.72. The molecule has 4 nitrogen and oxygen atoms in total. The van der Waals surface area contributed by atoms with Crippen LogP contribution < -0.4 is 5.32 Å². The van der Waals surface area contributed by atoms with Gasteiger partial charge in [-0.3, -0.25) is 4.79 Å². The molecular formula is C15H12ClN3O. The molecule has 3 rings (SSSR count). The number of carbonyl (C=O) groups is 1. The second kappa shape index (κ2) is 5.35. The van der Waals surface area contributed by atoms with E-state index in [1.165, 1.54) is 0 Å². The van der Waals surface area contributed by atoms with Crippen molar-refractivity contribution in [1.82, 2.24) is 9.38 Å². The third kappa shape index (κ3) is 2.65. The average Bonchev–Trinajstić information content (AvgIpc) is 2.91. The van der Waals surface area contributed by atoms with Crippen molar-refractivity contribution in [2.75, 3.05) is 5.32 Å². The Hall–Kier alpha value is -2.33. The van der Waals surface area contributed by atoms with E-state index in [2.05, 4.69) is 10.3 Å². The predicted octanol–water partition coefficient (Wildman–Crippen LogP) is 3.17. The van der Waals surface area contributed by atoms with Crippen LogP contribution in [-0.4, -0.2) is 15.3 Å². The highest BCUT2D eigenvalue weighted by molar-refractivity contribution is 6.30. The molecule has 1 aromatic carbocycles. The van der Waals surface area contributed by atoms with Crippen molar-refractivity contribution < 1.29 is 4.79 Å². The average molecular weight is 286 g/mol. The van der Waals surface area contributed by atoms with Gasteiger partial charge in [0.2, 0.25) is 5.91 Å². The summed E-state index contributed by atoms with van der Waals surface area (Å²) in [5, 5.41) is 3.54. The van der Waals surface area contributed by atoms with E-state index in [-0.39, 0.29) is 5.91 Å². The molecule has 1 amide bonds. The van der Waals surface area contributed by atoms with E-state index in [1.54, 1.807) is 18.3 Å². The SMILES string of the molecule is O=C(Cc1ccc(Cl)cc1)Nc1cccn2ccnc12. The van der Waals surface area contributed by atoms with Crippen molar-refractivity contribution in [2.24, 2.45) is 0 Å². The second-order valence-electron chi connectivity index (χ2n) is 4.43. The van der Waals surface area contributed by atoms with Crippen molar-refractivity contribution in [1.29, 1.82) is 0 Å². The van der Waals surface area contributed by atoms with Gasteiger partial charge in [0, 0.05) is 23.6 Å². The molecule has 0 aliphatic rings. The zero-order valence-electron chi connectivity index (χ0n) is 10.6. The fourth-order valence-corrected chi connectivity index (χ4v) is 2.15. The second-order valence-corrected chi connectivity index (χ2v) is 4.87. The molecule has 0 atom stereocenters. The number of benzene rings is 1. The summed E-state index contributed by atoms with van der Waals surface area (Å²) in [4.78, 5) is 16.3. The van der Waals surface area contributed by atoms with Gasteiger partial charge in [-0.25, -0.2) is 4.98 Å². The summed E-state index contributed by atoms with van der Waals surface area (Å²) in [6, 6.07) is 10.9. The van der Waals surface area contributed by atoms with Crippen LogP contribution in [0.15, 0.2) is 55.0 Å². The van der Waals surface area contributed by atoms with E-state index < -0.39 is 0 Å². The number of anilines is 1. The lowest BCUT2D eigenvalue weighted by Gasteiger charge is -2.06. The Kier molecular flexibility index (Phi) is 3.39. The van der Waals surface area contributed by atoms with Crippen molar-refractivity contribution >= 4 is 28.8 Å². The number of fused-ring (bicyclic) bond motifs is 1. The number of nitrogens with one attached hydrogen (secondary N) is 1. The molecular weight excluding hydrogens is 274 g/mol. The molecule has 0 aliphatic carbocycles. The van der Waals surface area contributed by atoms with Gasteiger partial charge in [-0.1, -0.05) is 23.7 Å². The van der Waals surface area contributed by atoms with Crippen LogP contribution in [-0.2, 0) is 11.2 Å². The Bertz CT molecular complexity index is 749. The van der Waals surface area contributed by atoms with E-state index in [4.69, 9.17) is 11.6 Å². The van der Waals surface area contributed by atoms with Gasteiger partial charge >= 0.3 is 0 Å². The first-order valence-electron chi connectivity index (χ1n) is 6.18. The number of nitrogens with zero attached hydrogens (tertiary/aromatic N) is 2. The van der Waals surface area contributed by atoms with Crippen molar-refractivity contribution in [3.63, 3.8) is 0 Å². The normalized spacial score (nSPS) is 10.7. The molecule has 1 N–H and O–H groups in total. The number of rotatable bonds is 3. The number of imidazole rings is 1. The third-order valence-corrected chi connectivity index (χ3v) is 3.22. The van der Waals surface area contributed by atoms with E-state index >= 15 is 0 Å². The number of hydrogen-bond donors (Lipinski definition) is 1. The van der Waals surface area contributed by atoms with Crippen LogP contribution >= 0.6 is 11.6 Å². The van der Waals surface area contributed by atoms with Gasteiger partial charge in [0.15, 0.2) is 5.65 Å². The van der Waals surface area contributed by atoms with Gasteiger partial charge in [-0.2, -0.15) is 0 Å². The van der Waals surface area contributed by atoms with Crippen LogP contribution in [0.3, 0.4) is 0 Å². The first-order valence-corrected chi connectivity index (χ1v) is 6.56. The summed E-state index contributed by atoms with van der Waals surface area (Å²) in [6.07, 6.45) is 5.73. The molecule has 0 bridgehead atoms. The maximum atomic E-state index is 12.1. The Labute approximate surface area is 121 Å². The Morgan fingerprint density at radius 2 is 2.00 bits per heavy atom. The number of hydrogen-bond acceptors (Lipinski definition) is 2. The van der Waals surface area contributed by atoms with Crippen LogP contribution in [0.5, 0.6) is 0 Å². The Balaban J connectivity index is 1.76. The van der Waals surface area contributed by atoms with E-state index in [0.717, 1.165) is 11.2 Å². The van der Waals surface area contributed by atoms with Crippen molar-refractivity contribution in [3.05, 3.63) is 65.6 Å². The summed E-state index contributed by atoms with van der Waals surface area (Å²) in [6.45, 7) is 0. The molecule has 5 heteroatoms. The quantitative estimate of drug-likeness (QED) is 0.803. The molecule has 0 saturated heterocycles. The number of amides is 1. The highest BCUT2D eigenvalue weighted by Gasteiger charge is 2.07. The molecule has 20 heavy (non-hydrogen) atoms. The van der Waals surface area contributed by atoms with E-state index in [1.807, 2.05) is 41.1 Å². The molecule has 3 aromatic rings. The fourth-order valence-electron chi connectivity index (χ4n) is 2.03. The van der Waals surface area contributed by atoms with Crippen LogP contribution in [0.1, 0.15) is 5.56 Å². The number of aromatic nitrogens is 2. The fraction of sp³-hybridized carbons (Fsp3) is 0.0667. The minimum absolute atomic E-state index is 0.0802. The van der Waals surface area contributed by atoms with Crippen molar-refractivity contribution in [2.45, 2.75) is 6.42 Å². The number of carbonyl (C=O) groups excluding carboxylic acids is 1. The summed E-state index contributed by atoms with van der Waals surface area (Å²) in [5.74, 6) is -0.0802. The minimum Gasteiger partial charge on any atom is -0.323 e. The van der Waals surface area contributed by atoms with Gasteiger partial charge in [0.05, 0.1) is 12.1 Å². The highest BCUT2D eigenvalue weighted by Crippen LogP contribution is 2.15. The summed E-state index contributed by atoms with van der Waals surface area (Å²) >= 11 is 5.82. The van der Waals surface area contributed by atoms with Crippen LogP contribution in [0.2, 0.25) is 5.02 Å². The Morgan fingerprint density at radius 3 is 2.80 bits per heavy atom. The maximum Gasteiger partial charge on any atom is 0.228 e. The minimum atomic E-state index is -0.0802. The molecule has 0 fully saturated rings. The molecule has 2 aromatic heterocycles. The van der Waals surface area contributed by atoms with E-state index in [9.17, 15) is 4.79 Å². The monoisotopic (exact) mass is 285 g/mol. The summed E-state index contributed by atoms with van der Waals surface area (Å²) in [7, 11) is 0. The molecule has 0 unspecified atom stereocenters. The van der Waals surface area contributed by atoms with E-state index in [0.29, 0.717) is 17.1 Å². The molecule has 100 valence electrons. The maximum absolute atomic E-state index is 12.1. The standard InChI is InChI=1S/C15H12ClN3O/c16-12-5-3-11(4-6-12)10-14(20)18-13-2-1-8-19-9-7-17-15(13)19/h1-9H,10H2,(H,18,20). The van der Waals surface area contributed by atoms with Gasteiger partial charge in [0.1, 0.15) is 0 Å². The predicted molar refractivity (Wildman–Crippen MR) is 79.0 cm³/mol. The number of pyridine rings is 1. The topological polar surface area (TPSA) is 46.4 Å². The molecule has 0 radical (unpaired) electrons. The molecule has 2 heterocycles. The summed E-state index contributed by atoms with van der Waals surface area (Å²) in [5.41, 5.74) is 2.36. The Morgan fingerprint density at radius 1 is 1.20 bits per heavy atom. The van der Waals surface area contributed by atoms with Gasteiger partial charge in [-0.15, -0.1) is 0 Å². The van der Waals surface area contributed by atoms with Gasteiger partial charge in [-0.05, 0) is 29.8 Å². The summed E-state index contributed by atoms with van der Waals surface area (Å²) < 4.78 is 1.86. The van der Waals surface area contributed by atoms with Crippen LogP contribution in [0.25, 0.3) is 5.65 Å².